The third-order valence-corrected chi connectivity index (χ3v) is 7.25. The van der Waals surface area contributed by atoms with Crippen LogP contribution < -0.4 is 9.64 Å². The second-order valence-corrected chi connectivity index (χ2v) is 9.54. The van der Waals surface area contributed by atoms with Crippen LogP contribution in [0.2, 0.25) is 5.02 Å². The lowest BCUT2D eigenvalue weighted by Crippen LogP contribution is -2.56. The molecule has 0 amide bonds. The van der Waals surface area contributed by atoms with E-state index in [0.29, 0.717) is 12.0 Å². The molecule has 2 aromatic carbocycles. The Balaban J connectivity index is 1.39. The van der Waals surface area contributed by atoms with E-state index in [1.54, 1.807) is 7.11 Å². The first-order valence-corrected chi connectivity index (χ1v) is 12.2. The third-order valence-electron chi connectivity index (χ3n) is 7.01. The SMILES string of the molecule is COc1ccccc1N1CCN([C@@H]2CCN(Cc3cccc(Cl)c3)C[C@@H]2CCC(=O)O)CC1. The number of carboxylic acids is 1. The molecule has 0 aromatic heterocycles. The molecule has 2 atom stereocenters. The highest BCUT2D eigenvalue weighted by Gasteiger charge is 2.35. The Morgan fingerprint density at radius 1 is 1.09 bits per heavy atom. The summed E-state index contributed by atoms with van der Waals surface area (Å²) >= 11 is 6.17. The number of nitrogens with zero attached hydrogens (tertiary/aromatic N) is 3. The van der Waals surface area contributed by atoms with Crippen LogP contribution in [0, 0.1) is 5.92 Å². The number of aliphatic carboxylic acids is 1. The van der Waals surface area contributed by atoms with E-state index in [2.05, 4.69) is 32.9 Å². The minimum atomic E-state index is -0.707. The number of hydrogen-bond acceptors (Lipinski definition) is 5. The quantitative estimate of drug-likeness (QED) is 0.622. The molecule has 33 heavy (non-hydrogen) atoms. The average molecular weight is 472 g/mol. The number of likely N-dealkylation sites (tertiary alicyclic amines) is 1. The van der Waals surface area contributed by atoms with E-state index < -0.39 is 5.97 Å². The van der Waals surface area contributed by atoms with Crippen molar-refractivity contribution >= 4 is 23.3 Å². The van der Waals surface area contributed by atoms with Crippen molar-refractivity contribution in [1.29, 1.82) is 0 Å². The van der Waals surface area contributed by atoms with Gasteiger partial charge in [-0.2, -0.15) is 0 Å². The van der Waals surface area contributed by atoms with Crippen molar-refractivity contribution < 1.29 is 14.6 Å². The first-order valence-electron chi connectivity index (χ1n) is 11.8. The molecule has 2 aliphatic rings. The van der Waals surface area contributed by atoms with Gasteiger partial charge in [-0.25, -0.2) is 0 Å². The molecule has 0 spiro atoms. The molecule has 6 nitrogen and oxygen atoms in total. The second kappa shape index (κ2) is 11.2. The predicted molar refractivity (Wildman–Crippen MR) is 132 cm³/mol. The first kappa shape index (κ1) is 23.9. The van der Waals surface area contributed by atoms with Gasteiger partial charge in [0.05, 0.1) is 12.8 Å². The highest BCUT2D eigenvalue weighted by Crippen LogP contribution is 2.32. The highest BCUT2D eigenvalue weighted by atomic mass is 35.5. The predicted octanol–water partition coefficient (Wildman–Crippen LogP) is 4.23. The van der Waals surface area contributed by atoms with Gasteiger partial charge in [0.1, 0.15) is 5.75 Å². The van der Waals surface area contributed by atoms with E-state index in [0.717, 1.165) is 75.1 Å². The first-order chi connectivity index (χ1) is 16.0. The van der Waals surface area contributed by atoms with Crippen LogP contribution in [-0.4, -0.2) is 73.3 Å². The number of rotatable bonds is 8. The summed E-state index contributed by atoms with van der Waals surface area (Å²) < 4.78 is 5.56. The molecule has 2 heterocycles. The van der Waals surface area contributed by atoms with Crippen molar-refractivity contribution in [3.05, 3.63) is 59.1 Å². The van der Waals surface area contributed by atoms with E-state index >= 15 is 0 Å². The number of para-hydroxylation sites is 2. The number of hydrogen-bond donors (Lipinski definition) is 1. The van der Waals surface area contributed by atoms with Gasteiger partial charge in [-0.15, -0.1) is 0 Å². The zero-order valence-corrected chi connectivity index (χ0v) is 20.1. The number of piperazine rings is 1. The summed E-state index contributed by atoms with van der Waals surface area (Å²) in [5, 5.41) is 10.1. The Hall–Kier alpha value is -2.28. The van der Waals surface area contributed by atoms with Gasteiger partial charge in [0.15, 0.2) is 0 Å². The van der Waals surface area contributed by atoms with E-state index in [1.165, 1.54) is 5.56 Å². The van der Waals surface area contributed by atoms with Crippen LogP contribution >= 0.6 is 11.6 Å². The Bertz CT molecular complexity index is 933. The number of halogens is 1. The van der Waals surface area contributed by atoms with E-state index in [9.17, 15) is 9.90 Å². The van der Waals surface area contributed by atoms with Crippen LogP contribution in [0.15, 0.2) is 48.5 Å². The summed E-state index contributed by atoms with van der Waals surface area (Å²) in [6.45, 7) is 6.69. The molecule has 2 aromatic rings. The smallest absolute Gasteiger partial charge is 0.303 e. The molecule has 0 aliphatic carbocycles. The van der Waals surface area contributed by atoms with Gasteiger partial charge < -0.3 is 14.7 Å². The van der Waals surface area contributed by atoms with E-state index in [4.69, 9.17) is 16.3 Å². The maximum atomic E-state index is 11.3. The lowest BCUT2D eigenvalue weighted by atomic mass is 9.86. The van der Waals surface area contributed by atoms with Gasteiger partial charge in [-0.1, -0.05) is 35.9 Å². The van der Waals surface area contributed by atoms with Crippen LogP contribution in [0.4, 0.5) is 5.69 Å². The fraction of sp³-hybridized carbons (Fsp3) is 0.500. The summed E-state index contributed by atoms with van der Waals surface area (Å²) in [5.41, 5.74) is 2.36. The van der Waals surface area contributed by atoms with Crippen LogP contribution in [0.3, 0.4) is 0 Å². The number of methoxy groups -OCH3 is 1. The molecule has 0 bridgehead atoms. The molecule has 2 saturated heterocycles. The molecule has 0 saturated carbocycles. The van der Waals surface area contributed by atoms with Crippen molar-refractivity contribution in [3.63, 3.8) is 0 Å². The zero-order chi connectivity index (χ0) is 23.2. The minimum absolute atomic E-state index is 0.230. The van der Waals surface area contributed by atoms with Crippen molar-refractivity contribution in [2.45, 2.75) is 31.8 Å². The molecule has 0 radical (unpaired) electrons. The number of piperidine rings is 1. The molecule has 0 unspecified atom stereocenters. The van der Waals surface area contributed by atoms with Gasteiger partial charge in [-0.3, -0.25) is 14.6 Å². The molecule has 1 N–H and O–H groups in total. The van der Waals surface area contributed by atoms with Gasteiger partial charge in [0.2, 0.25) is 0 Å². The lowest BCUT2D eigenvalue weighted by molar-refractivity contribution is -0.137. The second-order valence-electron chi connectivity index (χ2n) is 9.11. The normalized spacial score (nSPS) is 22.3. The van der Waals surface area contributed by atoms with Gasteiger partial charge in [0.25, 0.3) is 0 Å². The fourth-order valence-electron chi connectivity index (χ4n) is 5.39. The van der Waals surface area contributed by atoms with Crippen molar-refractivity contribution in [2.24, 2.45) is 5.92 Å². The van der Waals surface area contributed by atoms with Gasteiger partial charge in [0, 0.05) is 56.8 Å². The molecule has 4 rings (SSSR count). The summed E-state index contributed by atoms with van der Waals surface area (Å²) in [6.07, 6.45) is 2.02. The zero-order valence-electron chi connectivity index (χ0n) is 19.3. The molecule has 178 valence electrons. The molecular weight excluding hydrogens is 438 g/mol. The number of anilines is 1. The largest absolute Gasteiger partial charge is 0.495 e. The van der Waals surface area contributed by atoms with Crippen LogP contribution in [0.25, 0.3) is 0 Å². The van der Waals surface area contributed by atoms with Crippen molar-refractivity contribution in [2.75, 3.05) is 51.3 Å². The molecule has 2 fully saturated rings. The van der Waals surface area contributed by atoms with Crippen molar-refractivity contribution in [3.8, 4) is 5.75 Å². The summed E-state index contributed by atoms with van der Waals surface area (Å²) in [5.74, 6) is 0.563. The topological polar surface area (TPSA) is 56.2 Å². The van der Waals surface area contributed by atoms with Crippen LogP contribution in [0.5, 0.6) is 5.75 Å². The molecule has 2 aliphatic heterocycles. The monoisotopic (exact) mass is 471 g/mol. The van der Waals surface area contributed by atoms with Crippen LogP contribution in [-0.2, 0) is 11.3 Å². The van der Waals surface area contributed by atoms with Gasteiger partial charge in [-0.05, 0) is 55.1 Å². The standard InChI is InChI=1S/C26H34ClN3O3/c1-33-25-8-3-2-7-24(25)30-15-13-29(14-16-30)23-11-12-28(19-21(23)9-10-26(31)32)18-20-5-4-6-22(27)17-20/h2-8,17,21,23H,9-16,18-19H2,1H3,(H,31,32)/t21-,23+/m0/s1. The summed E-state index contributed by atoms with van der Waals surface area (Å²) in [6, 6.07) is 16.7. The summed E-state index contributed by atoms with van der Waals surface area (Å²) in [7, 11) is 1.72. The Morgan fingerprint density at radius 2 is 1.88 bits per heavy atom. The fourth-order valence-corrected chi connectivity index (χ4v) is 5.60. The molecule has 7 heteroatoms. The average Bonchev–Trinajstić information content (AvgIpc) is 2.83. The molecular formula is C26H34ClN3O3. The van der Waals surface area contributed by atoms with Crippen LogP contribution in [0.1, 0.15) is 24.8 Å². The maximum Gasteiger partial charge on any atom is 0.303 e. The van der Waals surface area contributed by atoms with E-state index in [1.807, 2.05) is 30.3 Å². The lowest BCUT2D eigenvalue weighted by Gasteiger charge is -2.47. The Kier molecular flexibility index (Phi) is 8.12. The summed E-state index contributed by atoms with van der Waals surface area (Å²) in [4.78, 5) is 18.8. The number of carboxylic acid groups (broad SMARTS) is 1. The van der Waals surface area contributed by atoms with Crippen molar-refractivity contribution in [1.82, 2.24) is 9.80 Å². The highest BCUT2D eigenvalue weighted by molar-refractivity contribution is 6.30. The Labute approximate surface area is 201 Å². The maximum absolute atomic E-state index is 11.3. The third kappa shape index (κ3) is 6.19. The number of benzene rings is 2. The van der Waals surface area contributed by atoms with E-state index in [-0.39, 0.29) is 6.42 Å². The Morgan fingerprint density at radius 3 is 2.61 bits per heavy atom. The minimum Gasteiger partial charge on any atom is -0.495 e. The number of ether oxygens (including phenoxy) is 1. The van der Waals surface area contributed by atoms with Gasteiger partial charge >= 0.3 is 5.97 Å². The number of carbonyl (C=O) groups is 1.